The fraction of sp³-hybridized carbons (Fsp3) is 0.312. The summed E-state index contributed by atoms with van der Waals surface area (Å²) in [7, 11) is -2.20. The summed E-state index contributed by atoms with van der Waals surface area (Å²) in [5.74, 6) is -1.75. The van der Waals surface area contributed by atoms with Crippen molar-refractivity contribution in [2.24, 2.45) is 0 Å². The number of fused-ring (bicyclic) bond motifs is 1. The van der Waals surface area contributed by atoms with E-state index in [2.05, 4.69) is 9.72 Å². The van der Waals surface area contributed by atoms with Crippen molar-refractivity contribution in [2.75, 3.05) is 25.2 Å². The lowest BCUT2D eigenvalue weighted by Gasteiger charge is -2.32. The first-order valence-corrected chi connectivity index (χ1v) is 10.2. The molecule has 2 heterocycles. The summed E-state index contributed by atoms with van der Waals surface area (Å²) >= 11 is 1.44. The van der Waals surface area contributed by atoms with Crippen molar-refractivity contribution in [3.63, 3.8) is 0 Å². The van der Waals surface area contributed by atoms with Crippen LogP contribution in [0.3, 0.4) is 0 Å². The van der Waals surface area contributed by atoms with Crippen LogP contribution in [0.25, 0.3) is 16.3 Å². The number of hydrogen-bond donors (Lipinski definition) is 0. The molecule has 1 aromatic carbocycles. The Morgan fingerprint density at radius 3 is 2.84 bits per heavy atom. The largest absolute Gasteiger partial charge is 0.467 e. The van der Waals surface area contributed by atoms with Gasteiger partial charge in [-0.2, -0.15) is 0 Å². The van der Waals surface area contributed by atoms with E-state index in [-0.39, 0.29) is 12.3 Å². The van der Waals surface area contributed by atoms with Crippen molar-refractivity contribution in [1.82, 2.24) is 9.88 Å². The number of esters is 1. The van der Waals surface area contributed by atoms with Gasteiger partial charge in [-0.1, -0.05) is 12.1 Å². The zero-order chi connectivity index (χ0) is 18.0. The van der Waals surface area contributed by atoms with Gasteiger partial charge in [-0.25, -0.2) is 18.2 Å². The van der Waals surface area contributed by atoms with Gasteiger partial charge in [-0.05, 0) is 18.2 Å². The lowest BCUT2D eigenvalue weighted by atomic mass is 10.2. The van der Waals surface area contributed by atoms with Crippen molar-refractivity contribution in [1.29, 1.82) is 0 Å². The van der Waals surface area contributed by atoms with E-state index < -0.39 is 33.5 Å². The fourth-order valence-electron chi connectivity index (χ4n) is 2.60. The molecule has 25 heavy (non-hydrogen) atoms. The van der Waals surface area contributed by atoms with Crippen LogP contribution in [-0.4, -0.2) is 61.4 Å². The number of methoxy groups -OCH3 is 1. The number of aromatic nitrogens is 1. The van der Waals surface area contributed by atoms with E-state index in [9.17, 15) is 18.0 Å². The Hall–Kier alpha value is -2.26. The molecule has 0 N–H and O–H groups in total. The summed E-state index contributed by atoms with van der Waals surface area (Å²) in [4.78, 5) is 29.9. The van der Waals surface area contributed by atoms with Gasteiger partial charge in [0.2, 0.25) is 5.91 Å². The molecular weight excluding hydrogens is 364 g/mol. The lowest BCUT2D eigenvalue weighted by molar-refractivity contribution is -0.150. The van der Waals surface area contributed by atoms with Gasteiger partial charge in [0.1, 0.15) is 11.0 Å². The number of nitrogens with zero attached hydrogens (tertiary/aromatic N) is 2. The molecule has 1 atom stereocenters. The summed E-state index contributed by atoms with van der Waals surface area (Å²) in [6.07, 6.45) is 2.88. The fourth-order valence-corrected chi connectivity index (χ4v) is 4.91. The Labute approximate surface area is 148 Å². The van der Waals surface area contributed by atoms with Crippen LogP contribution in [-0.2, 0) is 24.2 Å². The Kier molecular flexibility index (Phi) is 4.87. The highest BCUT2D eigenvalue weighted by molar-refractivity contribution is 7.91. The van der Waals surface area contributed by atoms with Gasteiger partial charge < -0.3 is 9.64 Å². The molecule has 7 nitrogen and oxygen atoms in total. The third-order valence-electron chi connectivity index (χ3n) is 3.87. The molecule has 2 aromatic rings. The van der Waals surface area contributed by atoms with Crippen LogP contribution in [0.1, 0.15) is 5.01 Å². The highest BCUT2D eigenvalue weighted by atomic mass is 32.2. The van der Waals surface area contributed by atoms with Crippen LogP contribution in [0.4, 0.5) is 0 Å². The van der Waals surface area contributed by atoms with E-state index in [1.165, 1.54) is 29.4 Å². The first-order chi connectivity index (χ1) is 11.9. The lowest BCUT2D eigenvalue weighted by Crippen LogP contribution is -2.54. The monoisotopic (exact) mass is 380 g/mol. The number of thiazole rings is 1. The average molecular weight is 380 g/mol. The molecule has 0 spiro atoms. The van der Waals surface area contributed by atoms with Crippen molar-refractivity contribution < 1.29 is 22.7 Å². The molecule has 0 radical (unpaired) electrons. The maximum absolute atomic E-state index is 12.4. The molecule has 1 aliphatic heterocycles. The van der Waals surface area contributed by atoms with Gasteiger partial charge in [0.25, 0.3) is 0 Å². The molecule has 9 heteroatoms. The minimum Gasteiger partial charge on any atom is -0.467 e. The van der Waals surface area contributed by atoms with Crippen LogP contribution < -0.4 is 0 Å². The van der Waals surface area contributed by atoms with E-state index in [1.807, 2.05) is 24.3 Å². The molecule has 1 aliphatic rings. The first-order valence-electron chi connectivity index (χ1n) is 7.52. The summed E-state index contributed by atoms with van der Waals surface area (Å²) in [5, 5.41) is 0.661. The van der Waals surface area contributed by atoms with Gasteiger partial charge in [0.05, 0.1) is 28.8 Å². The Bertz CT molecular complexity index is 915. The molecular formula is C16H16N2O5S2. The van der Waals surface area contributed by atoms with Gasteiger partial charge in [0, 0.05) is 12.6 Å². The smallest absolute Gasteiger partial charge is 0.329 e. The number of para-hydroxylation sites is 1. The highest BCUT2D eigenvalue weighted by Gasteiger charge is 2.38. The van der Waals surface area contributed by atoms with Crippen LogP contribution >= 0.6 is 11.3 Å². The second kappa shape index (κ2) is 6.93. The van der Waals surface area contributed by atoms with E-state index in [4.69, 9.17) is 0 Å². The first kappa shape index (κ1) is 17.6. The number of benzene rings is 1. The number of sulfone groups is 1. The van der Waals surface area contributed by atoms with Crippen LogP contribution in [0.2, 0.25) is 0 Å². The maximum Gasteiger partial charge on any atom is 0.329 e. The van der Waals surface area contributed by atoms with E-state index >= 15 is 0 Å². The number of rotatable bonds is 3. The molecule has 1 aromatic heterocycles. The van der Waals surface area contributed by atoms with Crippen LogP contribution in [0.5, 0.6) is 0 Å². The molecule has 0 bridgehead atoms. The number of hydrogen-bond acceptors (Lipinski definition) is 7. The van der Waals surface area contributed by atoms with E-state index in [0.29, 0.717) is 5.01 Å². The summed E-state index contributed by atoms with van der Waals surface area (Å²) < 4.78 is 29.2. The number of ether oxygens (including phenoxy) is 1. The summed E-state index contributed by atoms with van der Waals surface area (Å²) in [6, 6.07) is 6.50. The van der Waals surface area contributed by atoms with Crippen molar-refractivity contribution in [2.45, 2.75) is 6.04 Å². The molecule has 1 saturated heterocycles. The molecule has 0 saturated carbocycles. The van der Waals surface area contributed by atoms with Gasteiger partial charge in [0.15, 0.2) is 9.84 Å². The highest BCUT2D eigenvalue weighted by Crippen LogP contribution is 2.22. The quantitative estimate of drug-likeness (QED) is 0.585. The molecule has 1 amide bonds. The topological polar surface area (TPSA) is 93.6 Å². The Morgan fingerprint density at radius 2 is 2.12 bits per heavy atom. The molecule has 132 valence electrons. The van der Waals surface area contributed by atoms with Gasteiger partial charge >= 0.3 is 5.97 Å². The summed E-state index contributed by atoms with van der Waals surface area (Å²) in [5.41, 5.74) is 0.844. The second-order valence-electron chi connectivity index (χ2n) is 5.54. The average Bonchev–Trinajstić information content (AvgIpc) is 3.01. The maximum atomic E-state index is 12.4. The number of carbonyl (C=O) groups is 2. The third kappa shape index (κ3) is 3.88. The van der Waals surface area contributed by atoms with Crippen molar-refractivity contribution in [3.05, 3.63) is 35.3 Å². The molecule has 3 rings (SSSR count). The van der Waals surface area contributed by atoms with Gasteiger partial charge in [-0.3, -0.25) is 4.79 Å². The minimum atomic E-state index is -3.37. The summed E-state index contributed by atoms with van der Waals surface area (Å²) in [6.45, 7) is -0.0366. The molecule has 1 fully saturated rings. The molecule has 1 unspecified atom stereocenters. The minimum absolute atomic E-state index is 0.0366. The predicted molar refractivity (Wildman–Crippen MR) is 94.8 cm³/mol. The number of amides is 1. The van der Waals surface area contributed by atoms with E-state index in [0.717, 1.165) is 10.2 Å². The SMILES string of the molecule is COC(=O)C1CS(=O)(=O)CCN1C(=O)/C=C/c1nc2ccccc2s1. The zero-order valence-corrected chi connectivity index (χ0v) is 15.0. The molecule has 0 aliphatic carbocycles. The zero-order valence-electron chi connectivity index (χ0n) is 13.4. The van der Waals surface area contributed by atoms with Crippen molar-refractivity contribution >= 4 is 49.3 Å². The van der Waals surface area contributed by atoms with Gasteiger partial charge in [-0.15, -0.1) is 11.3 Å². The Morgan fingerprint density at radius 1 is 1.36 bits per heavy atom. The third-order valence-corrected chi connectivity index (χ3v) is 6.50. The number of carbonyl (C=O) groups excluding carboxylic acids is 2. The normalized spacial score (nSPS) is 20.0. The van der Waals surface area contributed by atoms with Crippen LogP contribution in [0.15, 0.2) is 30.3 Å². The standard InChI is InChI=1S/C16H16N2O5S2/c1-23-16(20)12-10-25(21,22)9-8-18(12)15(19)7-6-14-17-11-4-2-3-5-13(11)24-14/h2-7,12H,8-10H2,1H3/b7-6+. The Balaban J connectivity index is 1.79. The van der Waals surface area contributed by atoms with Crippen molar-refractivity contribution in [3.8, 4) is 0 Å². The predicted octanol–water partition coefficient (Wildman–Crippen LogP) is 1.11. The van der Waals surface area contributed by atoms with Crippen LogP contribution in [0, 0.1) is 0 Å². The second-order valence-corrected chi connectivity index (χ2v) is 8.83. The van der Waals surface area contributed by atoms with E-state index in [1.54, 1.807) is 6.08 Å².